The maximum atomic E-state index is 11.1. The number of nitrogens with one attached hydrogen (secondary N) is 2. The van der Waals surface area contributed by atoms with Gasteiger partial charge in [-0.3, -0.25) is 9.89 Å². The van der Waals surface area contributed by atoms with Crippen molar-refractivity contribution in [2.45, 2.75) is 32.9 Å². The maximum absolute atomic E-state index is 11.1. The Morgan fingerprint density at radius 1 is 1.21 bits per heavy atom. The molecule has 168 valence electrons. The molecular weight excluding hydrogens is 503 g/mol. The molecular formula is C20H37IN4O3S. The highest BCUT2D eigenvalue weighted by Gasteiger charge is 2.09. The van der Waals surface area contributed by atoms with Gasteiger partial charge >= 0.3 is 0 Å². The summed E-state index contributed by atoms with van der Waals surface area (Å²) < 4.78 is 27.4. The standard InChI is InChI=1S/C20H36N4O3S.HI/c1-5-21-20(23-13-14-27-15-16-28(4,25)26)22-12-11-18(2)24(3)17-19-9-7-6-8-10-19;/h6-10,18H,5,11-17H2,1-4H3,(H2,21,22,23);1H. The fourth-order valence-corrected chi connectivity index (χ4v) is 2.93. The Hall–Kier alpha value is -0.910. The third-order valence-corrected chi connectivity index (χ3v) is 5.23. The lowest BCUT2D eigenvalue weighted by atomic mass is 10.1. The molecule has 0 saturated carbocycles. The lowest BCUT2D eigenvalue weighted by molar-refractivity contribution is 0.154. The summed E-state index contributed by atoms with van der Waals surface area (Å²) in [5.41, 5.74) is 1.31. The van der Waals surface area contributed by atoms with Gasteiger partial charge in [0.1, 0.15) is 9.84 Å². The normalized spacial score (nSPS) is 13.1. The van der Waals surface area contributed by atoms with Gasteiger partial charge in [0.15, 0.2) is 5.96 Å². The quantitative estimate of drug-likeness (QED) is 0.173. The van der Waals surface area contributed by atoms with E-state index in [-0.39, 0.29) is 36.3 Å². The lowest BCUT2D eigenvalue weighted by Gasteiger charge is -2.24. The number of ether oxygens (including phenoxy) is 1. The Kier molecular flexibility index (Phi) is 15.4. The summed E-state index contributed by atoms with van der Waals surface area (Å²) in [6.45, 7) is 7.92. The van der Waals surface area contributed by atoms with E-state index < -0.39 is 9.84 Å². The average molecular weight is 541 g/mol. The number of benzene rings is 1. The van der Waals surface area contributed by atoms with Gasteiger partial charge in [-0.2, -0.15) is 0 Å². The zero-order chi connectivity index (χ0) is 20.8. The number of nitrogens with zero attached hydrogens (tertiary/aromatic N) is 2. The lowest BCUT2D eigenvalue weighted by Crippen LogP contribution is -2.39. The van der Waals surface area contributed by atoms with Crippen LogP contribution < -0.4 is 10.6 Å². The van der Waals surface area contributed by atoms with E-state index in [0.29, 0.717) is 19.2 Å². The van der Waals surface area contributed by atoms with E-state index in [9.17, 15) is 8.42 Å². The van der Waals surface area contributed by atoms with E-state index in [1.807, 2.05) is 13.0 Å². The second-order valence-corrected chi connectivity index (χ2v) is 9.23. The summed E-state index contributed by atoms with van der Waals surface area (Å²) in [5, 5.41) is 6.43. The summed E-state index contributed by atoms with van der Waals surface area (Å²) in [6.07, 6.45) is 2.17. The van der Waals surface area contributed by atoms with E-state index in [1.54, 1.807) is 0 Å². The second-order valence-electron chi connectivity index (χ2n) is 6.97. The van der Waals surface area contributed by atoms with Crippen LogP contribution in [-0.4, -0.2) is 77.2 Å². The second kappa shape index (κ2) is 15.9. The van der Waals surface area contributed by atoms with Crippen molar-refractivity contribution in [3.05, 3.63) is 35.9 Å². The molecule has 0 spiro atoms. The van der Waals surface area contributed by atoms with Crippen molar-refractivity contribution in [3.63, 3.8) is 0 Å². The van der Waals surface area contributed by atoms with Gasteiger partial charge in [-0.25, -0.2) is 8.42 Å². The first-order valence-electron chi connectivity index (χ1n) is 9.83. The molecule has 0 aliphatic carbocycles. The molecule has 1 aromatic carbocycles. The summed E-state index contributed by atoms with van der Waals surface area (Å²) >= 11 is 0. The fourth-order valence-electron chi connectivity index (χ4n) is 2.51. The molecule has 1 rings (SSSR count). The van der Waals surface area contributed by atoms with Crippen molar-refractivity contribution < 1.29 is 13.2 Å². The highest BCUT2D eigenvalue weighted by atomic mass is 127. The van der Waals surface area contributed by atoms with Crippen LogP contribution in [-0.2, 0) is 21.1 Å². The Labute approximate surface area is 193 Å². The van der Waals surface area contributed by atoms with Crippen molar-refractivity contribution in [3.8, 4) is 0 Å². The zero-order valence-electron chi connectivity index (χ0n) is 18.1. The molecule has 1 atom stereocenters. The third kappa shape index (κ3) is 14.7. The number of rotatable bonds is 13. The van der Waals surface area contributed by atoms with E-state index in [4.69, 9.17) is 4.74 Å². The van der Waals surface area contributed by atoms with Crippen molar-refractivity contribution in [1.29, 1.82) is 0 Å². The van der Waals surface area contributed by atoms with E-state index in [2.05, 4.69) is 58.8 Å². The highest BCUT2D eigenvalue weighted by Crippen LogP contribution is 2.08. The topological polar surface area (TPSA) is 83.0 Å². The van der Waals surface area contributed by atoms with Crippen LogP contribution in [0.1, 0.15) is 25.8 Å². The van der Waals surface area contributed by atoms with Gasteiger partial charge in [0.25, 0.3) is 0 Å². The number of hydrogen-bond acceptors (Lipinski definition) is 5. The van der Waals surface area contributed by atoms with Gasteiger partial charge in [-0.1, -0.05) is 30.3 Å². The Bertz CT molecular complexity index is 672. The van der Waals surface area contributed by atoms with Crippen molar-refractivity contribution in [2.24, 2.45) is 4.99 Å². The molecule has 29 heavy (non-hydrogen) atoms. The number of guanidine groups is 1. The van der Waals surface area contributed by atoms with Gasteiger partial charge < -0.3 is 15.4 Å². The van der Waals surface area contributed by atoms with E-state index in [1.165, 1.54) is 11.8 Å². The highest BCUT2D eigenvalue weighted by molar-refractivity contribution is 14.0. The first-order valence-corrected chi connectivity index (χ1v) is 11.9. The SMILES string of the molecule is CCNC(=NCCC(C)N(C)Cc1ccccc1)NCCOCCS(C)(=O)=O.I. The number of aliphatic imine (C=N–C) groups is 1. The van der Waals surface area contributed by atoms with E-state index in [0.717, 1.165) is 32.0 Å². The van der Waals surface area contributed by atoms with Gasteiger partial charge in [0.2, 0.25) is 0 Å². The molecule has 9 heteroatoms. The van der Waals surface area contributed by atoms with Crippen LogP contribution >= 0.6 is 24.0 Å². The minimum atomic E-state index is -2.97. The van der Waals surface area contributed by atoms with Crippen molar-refractivity contribution >= 4 is 39.8 Å². The Morgan fingerprint density at radius 2 is 1.90 bits per heavy atom. The molecule has 0 radical (unpaired) electrons. The van der Waals surface area contributed by atoms with Crippen LogP contribution in [0.4, 0.5) is 0 Å². The average Bonchev–Trinajstić information content (AvgIpc) is 2.64. The number of hydrogen-bond donors (Lipinski definition) is 2. The molecule has 1 aromatic rings. The molecule has 0 saturated heterocycles. The Morgan fingerprint density at radius 3 is 2.52 bits per heavy atom. The molecule has 0 bridgehead atoms. The first kappa shape index (κ1) is 28.1. The molecule has 0 aliphatic rings. The van der Waals surface area contributed by atoms with Crippen LogP contribution in [0, 0.1) is 0 Å². The molecule has 2 N–H and O–H groups in total. The van der Waals surface area contributed by atoms with Crippen LogP contribution in [0.3, 0.4) is 0 Å². The van der Waals surface area contributed by atoms with Crippen LogP contribution in [0.5, 0.6) is 0 Å². The smallest absolute Gasteiger partial charge is 0.191 e. The van der Waals surface area contributed by atoms with Crippen molar-refractivity contribution in [2.75, 3.05) is 51.9 Å². The molecule has 0 fully saturated rings. The Balaban J connectivity index is 0.00000784. The number of sulfone groups is 1. The summed E-state index contributed by atoms with van der Waals surface area (Å²) in [7, 11) is -0.831. The predicted molar refractivity (Wildman–Crippen MR) is 132 cm³/mol. The fraction of sp³-hybridized carbons (Fsp3) is 0.650. The predicted octanol–water partition coefficient (Wildman–Crippen LogP) is 2.13. The van der Waals surface area contributed by atoms with Crippen LogP contribution in [0.15, 0.2) is 35.3 Å². The monoisotopic (exact) mass is 540 g/mol. The zero-order valence-corrected chi connectivity index (χ0v) is 21.2. The molecule has 0 amide bonds. The summed E-state index contributed by atoms with van der Waals surface area (Å²) in [6, 6.07) is 10.9. The molecule has 0 aliphatic heterocycles. The molecule has 0 heterocycles. The van der Waals surface area contributed by atoms with Gasteiger partial charge in [-0.05, 0) is 32.9 Å². The van der Waals surface area contributed by atoms with Gasteiger partial charge in [0.05, 0.1) is 19.0 Å². The molecule has 0 aromatic heterocycles. The maximum Gasteiger partial charge on any atom is 0.191 e. The minimum absolute atomic E-state index is 0. The third-order valence-electron chi connectivity index (χ3n) is 4.33. The number of halogens is 1. The largest absolute Gasteiger partial charge is 0.379 e. The van der Waals surface area contributed by atoms with Crippen LogP contribution in [0.2, 0.25) is 0 Å². The van der Waals surface area contributed by atoms with Crippen molar-refractivity contribution in [1.82, 2.24) is 15.5 Å². The molecule has 7 nitrogen and oxygen atoms in total. The first-order chi connectivity index (χ1) is 13.3. The van der Waals surface area contributed by atoms with E-state index >= 15 is 0 Å². The summed E-state index contributed by atoms with van der Waals surface area (Å²) in [4.78, 5) is 6.95. The summed E-state index contributed by atoms with van der Waals surface area (Å²) in [5.74, 6) is 0.808. The van der Waals surface area contributed by atoms with Gasteiger partial charge in [-0.15, -0.1) is 24.0 Å². The van der Waals surface area contributed by atoms with Gasteiger partial charge in [0, 0.05) is 38.5 Å². The van der Waals surface area contributed by atoms with Crippen LogP contribution in [0.25, 0.3) is 0 Å². The minimum Gasteiger partial charge on any atom is -0.379 e. The molecule has 1 unspecified atom stereocenters.